The summed E-state index contributed by atoms with van der Waals surface area (Å²) in [4.78, 5) is 18.3. The molecule has 8 heteroatoms. The second-order valence-electron chi connectivity index (χ2n) is 9.83. The highest BCUT2D eigenvalue weighted by Crippen LogP contribution is 2.32. The summed E-state index contributed by atoms with van der Waals surface area (Å²) in [5.74, 6) is 1.87. The molecule has 188 valence electrons. The van der Waals surface area contributed by atoms with E-state index in [4.69, 9.17) is 18.9 Å². The van der Waals surface area contributed by atoms with E-state index in [9.17, 15) is 4.79 Å². The molecule has 0 amide bonds. The average molecular weight is 560 g/mol. The molecule has 0 atom stereocenters. The van der Waals surface area contributed by atoms with Gasteiger partial charge in [0.1, 0.15) is 5.58 Å². The highest BCUT2D eigenvalue weighted by atomic mass is 79.9. The maximum absolute atomic E-state index is 13.6. The molecule has 0 fully saturated rings. The summed E-state index contributed by atoms with van der Waals surface area (Å²) in [6.07, 6.45) is 1.58. The average Bonchev–Trinajstić information content (AvgIpc) is 3.29. The van der Waals surface area contributed by atoms with Gasteiger partial charge in [-0.25, -0.2) is 4.98 Å². The fourth-order valence-electron chi connectivity index (χ4n) is 3.87. The van der Waals surface area contributed by atoms with Gasteiger partial charge in [0.05, 0.1) is 30.8 Å². The zero-order valence-electron chi connectivity index (χ0n) is 21.0. The number of para-hydroxylation sites is 2. The van der Waals surface area contributed by atoms with Gasteiger partial charge in [-0.3, -0.25) is 4.79 Å². The number of fused-ring (bicyclic) bond motifs is 2. The van der Waals surface area contributed by atoms with E-state index in [1.165, 1.54) is 4.68 Å². The van der Waals surface area contributed by atoms with Crippen LogP contribution in [0.15, 0.2) is 85.5 Å². The Morgan fingerprint density at radius 3 is 2.68 bits per heavy atom. The van der Waals surface area contributed by atoms with E-state index in [-0.39, 0.29) is 11.0 Å². The summed E-state index contributed by atoms with van der Waals surface area (Å²) < 4.78 is 19.9. The lowest BCUT2D eigenvalue weighted by molar-refractivity contribution is 0.191. The fourth-order valence-corrected chi connectivity index (χ4v) is 4.25. The molecule has 0 bridgehead atoms. The molecule has 7 nitrogen and oxygen atoms in total. The van der Waals surface area contributed by atoms with Crippen LogP contribution in [-0.4, -0.2) is 29.6 Å². The summed E-state index contributed by atoms with van der Waals surface area (Å²) >= 11 is 3.49. The van der Waals surface area contributed by atoms with Crippen molar-refractivity contribution in [3.63, 3.8) is 0 Å². The first kappa shape index (κ1) is 24.8. The molecule has 37 heavy (non-hydrogen) atoms. The third kappa shape index (κ3) is 5.15. The first-order valence-electron chi connectivity index (χ1n) is 11.8. The maximum atomic E-state index is 13.6. The van der Waals surface area contributed by atoms with Crippen LogP contribution in [0.5, 0.6) is 11.5 Å². The zero-order chi connectivity index (χ0) is 26.2. The Bertz CT molecular complexity index is 1700. The van der Waals surface area contributed by atoms with Crippen LogP contribution in [0.1, 0.15) is 26.3 Å². The van der Waals surface area contributed by atoms with Crippen molar-refractivity contribution in [2.24, 2.45) is 10.5 Å². The largest absolute Gasteiger partial charge is 0.493 e. The number of aromatic nitrogens is 2. The van der Waals surface area contributed by atoms with Gasteiger partial charge in [0.2, 0.25) is 5.82 Å². The first-order chi connectivity index (χ1) is 17.7. The summed E-state index contributed by atoms with van der Waals surface area (Å²) in [7, 11) is 1.59. The minimum absolute atomic E-state index is 0.0576. The predicted octanol–water partition coefficient (Wildman–Crippen LogP) is 6.89. The van der Waals surface area contributed by atoms with Gasteiger partial charge in [0.15, 0.2) is 17.3 Å². The van der Waals surface area contributed by atoms with Crippen LogP contribution in [0, 0.1) is 5.41 Å². The van der Waals surface area contributed by atoms with Crippen LogP contribution in [0.2, 0.25) is 0 Å². The lowest BCUT2D eigenvalue weighted by Crippen LogP contribution is -2.20. The van der Waals surface area contributed by atoms with Gasteiger partial charge in [-0.2, -0.15) is 9.78 Å². The Kier molecular flexibility index (Phi) is 6.60. The van der Waals surface area contributed by atoms with E-state index in [0.717, 1.165) is 9.86 Å². The first-order valence-corrected chi connectivity index (χ1v) is 12.6. The van der Waals surface area contributed by atoms with Crippen molar-refractivity contribution in [3.05, 3.63) is 87.1 Å². The van der Waals surface area contributed by atoms with Crippen molar-refractivity contribution < 1.29 is 13.9 Å². The summed E-state index contributed by atoms with van der Waals surface area (Å²) in [5, 5.41) is 5.92. The number of nitrogens with zero attached hydrogens (tertiary/aromatic N) is 3. The monoisotopic (exact) mass is 559 g/mol. The van der Waals surface area contributed by atoms with Crippen molar-refractivity contribution in [1.82, 2.24) is 9.66 Å². The fraction of sp³-hybridized carbons (Fsp3) is 0.207. The summed E-state index contributed by atoms with van der Waals surface area (Å²) in [6, 6.07) is 20.3. The van der Waals surface area contributed by atoms with E-state index < -0.39 is 0 Å². The lowest BCUT2D eigenvalue weighted by Gasteiger charge is -2.21. The molecule has 0 unspecified atom stereocenters. The summed E-state index contributed by atoms with van der Waals surface area (Å²) in [6.45, 7) is 6.75. The maximum Gasteiger partial charge on any atom is 0.282 e. The Morgan fingerprint density at radius 1 is 1.08 bits per heavy atom. The molecule has 0 spiro atoms. The SMILES string of the molecule is COc1cccc(C=Nn2c(-c3cc4cc(Br)ccc4o3)nc3ccccc3c2=O)c1OCC(C)(C)C. The molecule has 2 aromatic heterocycles. The van der Waals surface area contributed by atoms with Crippen LogP contribution in [0.3, 0.4) is 0 Å². The Morgan fingerprint density at radius 2 is 1.89 bits per heavy atom. The van der Waals surface area contributed by atoms with Crippen LogP contribution in [0.4, 0.5) is 0 Å². The van der Waals surface area contributed by atoms with Gasteiger partial charge in [0.25, 0.3) is 5.56 Å². The van der Waals surface area contributed by atoms with Crippen molar-refractivity contribution >= 4 is 44.0 Å². The molecule has 0 radical (unpaired) electrons. The number of hydrogen-bond acceptors (Lipinski definition) is 6. The third-order valence-corrected chi connectivity index (χ3v) is 6.14. The van der Waals surface area contributed by atoms with Crippen molar-refractivity contribution in [1.29, 1.82) is 0 Å². The van der Waals surface area contributed by atoms with Gasteiger partial charge >= 0.3 is 0 Å². The van der Waals surface area contributed by atoms with Crippen molar-refractivity contribution in [2.45, 2.75) is 20.8 Å². The number of halogens is 1. The highest BCUT2D eigenvalue weighted by molar-refractivity contribution is 9.10. The Hall–Kier alpha value is -3.91. The van der Waals surface area contributed by atoms with Crippen molar-refractivity contribution in [2.75, 3.05) is 13.7 Å². The van der Waals surface area contributed by atoms with Gasteiger partial charge in [-0.05, 0) is 53.9 Å². The number of rotatable bonds is 6. The number of methoxy groups -OCH3 is 1. The normalized spacial score (nSPS) is 12.0. The molecule has 5 aromatic rings. The van der Waals surface area contributed by atoms with Crippen LogP contribution < -0.4 is 15.0 Å². The van der Waals surface area contributed by atoms with Gasteiger partial charge < -0.3 is 13.9 Å². The third-order valence-electron chi connectivity index (χ3n) is 5.64. The number of benzene rings is 3. The van der Waals surface area contributed by atoms with Gasteiger partial charge in [-0.15, -0.1) is 0 Å². The lowest BCUT2D eigenvalue weighted by atomic mass is 9.98. The molecule has 0 saturated heterocycles. The Labute approximate surface area is 222 Å². The smallest absolute Gasteiger partial charge is 0.282 e. The van der Waals surface area contributed by atoms with Crippen LogP contribution >= 0.6 is 15.9 Å². The second-order valence-corrected chi connectivity index (χ2v) is 10.8. The molecule has 3 aromatic carbocycles. The predicted molar refractivity (Wildman–Crippen MR) is 150 cm³/mol. The van der Waals surface area contributed by atoms with Crippen molar-refractivity contribution in [3.8, 4) is 23.1 Å². The molecule has 0 aliphatic heterocycles. The van der Waals surface area contributed by atoms with Crippen LogP contribution in [0.25, 0.3) is 33.5 Å². The zero-order valence-corrected chi connectivity index (χ0v) is 22.6. The minimum Gasteiger partial charge on any atom is -0.493 e. The van der Waals surface area contributed by atoms with E-state index in [0.29, 0.717) is 51.7 Å². The van der Waals surface area contributed by atoms with Gasteiger partial charge in [0, 0.05) is 15.4 Å². The number of furan rings is 1. The standard InChI is InChI=1S/C29H26BrN3O4/c1-29(2,3)17-36-26-18(8-7-11-24(26)35-4)16-31-33-27(32-22-10-6-5-9-21(22)28(33)34)25-15-19-14-20(30)12-13-23(19)37-25/h5-16H,17H2,1-4H3. The quantitative estimate of drug-likeness (QED) is 0.212. The molecule has 0 saturated carbocycles. The minimum atomic E-state index is -0.307. The molecule has 0 N–H and O–H groups in total. The second kappa shape index (κ2) is 9.86. The molecule has 2 heterocycles. The number of ether oxygens (including phenoxy) is 2. The van der Waals surface area contributed by atoms with Crippen LogP contribution in [-0.2, 0) is 0 Å². The Balaban J connectivity index is 1.67. The van der Waals surface area contributed by atoms with E-state index in [2.05, 4.69) is 41.8 Å². The molecular formula is C29H26BrN3O4. The van der Waals surface area contributed by atoms with E-state index in [1.54, 1.807) is 31.5 Å². The summed E-state index contributed by atoms with van der Waals surface area (Å²) in [5.41, 5.74) is 1.55. The molecule has 0 aliphatic rings. The molecule has 5 rings (SSSR count). The van der Waals surface area contributed by atoms with Gasteiger partial charge in [-0.1, -0.05) is 54.9 Å². The van der Waals surface area contributed by atoms with E-state index >= 15 is 0 Å². The highest BCUT2D eigenvalue weighted by Gasteiger charge is 2.18. The van der Waals surface area contributed by atoms with E-state index in [1.807, 2.05) is 48.5 Å². The molecule has 0 aliphatic carbocycles. The molecular weight excluding hydrogens is 534 g/mol. The number of hydrogen-bond donors (Lipinski definition) is 0. The topological polar surface area (TPSA) is 78.9 Å².